The number of hydrogen-bond acceptors (Lipinski definition) is 5. The molecule has 3 heterocycles. The van der Waals surface area contributed by atoms with E-state index >= 15 is 0 Å². The molecule has 1 aromatic carbocycles. The number of aromatic amines is 1. The second-order valence-electron chi connectivity index (χ2n) is 7.59. The van der Waals surface area contributed by atoms with Crippen LogP contribution in [0.3, 0.4) is 0 Å². The Balaban J connectivity index is 2.07. The zero-order valence-electron chi connectivity index (χ0n) is 16.8. The molecule has 0 aliphatic carbocycles. The van der Waals surface area contributed by atoms with Crippen LogP contribution in [0, 0.1) is 0 Å². The number of nitrogens with one attached hydrogen (secondary N) is 1. The zero-order chi connectivity index (χ0) is 20.0. The van der Waals surface area contributed by atoms with E-state index in [1.54, 1.807) is 13.3 Å². The van der Waals surface area contributed by atoms with Gasteiger partial charge in [-0.3, -0.25) is 0 Å². The fourth-order valence-corrected chi connectivity index (χ4v) is 3.60. The van der Waals surface area contributed by atoms with Gasteiger partial charge in [-0.15, -0.1) is 0 Å². The van der Waals surface area contributed by atoms with Crippen LogP contribution >= 0.6 is 0 Å². The lowest BCUT2D eigenvalue weighted by atomic mass is 10.0. The molecule has 0 atom stereocenters. The van der Waals surface area contributed by atoms with Crippen molar-refractivity contribution in [2.75, 3.05) is 7.11 Å². The quantitative estimate of drug-likeness (QED) is 0.476. The van der Waals surface area contributed by atoms with E-state index in [0.717, 1.165) is 44.1 Å². The van der Waals surface area contributed by atoms with Crippen LogP contribution in [0.1, 0.15) is 55.4 Å². The summed E-state index contributed by atoms with van der Waals surface area (Å²) < 4.78 is 16.9. The van der Waals surface area contributed by atoms with Gasteiger partial charge in [0.1, 0.15) is 11.3 Å². The molecule has 0 saturated heterocycles. The number of carbonyl (C=O) groups is 1. The summed E-state index contributed by atoms with van der Waals surface area (Å²) in [7, 11) is 1.61. The van der Waals surface area contributed by atoms with Crippen LogP contribution in [0.2, 0.25) is 0 Å². The number of benzene rings is 1. The van der Waals surface area contributed by atoms with E-state index in [2.05, 4.69) is 29.9 Å². The van der Waals surface area contributed by atoms with Crippen molar-refractivity contribution >= 4 is 38.7 Å². The third-order valence-electron chi connectivity index (χ3n) is 4.81. The summed E-state index contributed by atoms with van der Waals surface area (Å²) in [5, 5.41) is 2.94. The maximum Gasteiger partial charge on any atom is 0.357 e. The average Bonchev–Trinajstić information content (AvgIpc) is 3.22. The fourth-order valence-electron chi connectivity index (χ4n) is 3.60. The maximum absolute atomic E-state index is 12.6. The van der Waals surface area contributed by atoms with Crippen molar-refractivity contribution in [3.63, 3.8) is 0 Å². The van der Waals surface area contributed by atoms with Gasteiger partial charge < -0.3 is 18.9 Å². The van der Waals surface area contributed by atoms with E-state index in [0.29, 0.717) is 0 Å². The fraction of sp³-hybridized carbons (Fsp3) is 0.364. The molecule has 4 aromatic rings. The van der Waals surface area contributed by atoms with Crippen molar-refractivity contribution in [1.29, 1.82) is 0 Å². The number of carbonyl (C=O) groups excluding carboxylic acids is 1. The number of furan rings is 1. The van der Waals surface area contributed by atoms with E-state index in [1.807, 2.05) is 26.0 Å². The molecule has 146 valence electrons. The number of pyridine rings is 1. The van der Waals surface area contributed by atoms with Gasteiger partial charge in [-0.25, -0.2) is 9.78 Å². The number of methoxy groups -OCH3 is 1. The predicted octanol–water partition coefficient (Wildman–Crippen LogP) is 5.30. The van der Waals surface area contributed by atoms with Gasteiger partial charge in [-0.2, -0.15) is 0 Å². The minimum Gasteiger partial charge on any atom is -0.461 e. The highest BCUT2D eigenvalue weighted by atomic mass is 16.5. The van der Waals surface area contributed by atoms with Gasteiger partial charge in [0, 0.05) is 40.3 Å². The molecular formula is C22H24N2O4. The number of nitrogens with zero attached hydrogens (tertiary/aromatic N) is 1. The Bertz CT molecular complexity index is 1180. The van der Waals surface area contributed by atoms with E-state index in [1.165, 1.54) is 0 Å². The molecule has 3 aromatic heterocycles. The topological polar surface area (TPSA) is 77.4 Å². The average molecular weight is 380 g/mol. The van der Waals surface area contributed by atoms with Crippen molar-refractivity contribution in [2.45, 2.75) is 46.3 Å². The molecule has 1 N–H and O–H groups in total. The van der Waals surface area contributed by atoms with Crippen LogP contribution in [-0.4, -0.2) is 29.2 Å². The molecule has 0 spiro atoms. The van der Waals surface area contributed by atoms with Crippen molar-refractivity contribution in [3.8, 4) is 0 Å². The summed E-state index contributed by atoms with van der Waals surface area (Å²) in [6, 6.07) is 6.04. The van der Waals surface area contributed by atoms with Crippen LogP contribution in [0.5, 0.6) is 0 Å². The number of esters is 1. The Morgan fingerprint density at radius 1 is 1.18 bits per heavy atom. The lowest BCUT2D eigenvalue weighted by Crippen LogP contribution is -2.15. The Morgan fingerprint density at radius 3 is 2.64 bits per heavy atom. The molecule has 28 heavy (non-hydrogen) atoms. The molecule has 0 amide bonds. The molecule has 0 fully saturated rings. The monoisotopic (exact) mass is 380 g/mol. The summed E-state index contributed by atoms with van der Waals surface area (Å²) in [6.07, 6.45) is 1.46. The smallest absolute Gasteiger partial charge is 0.357 e. The lowest BCUT2D eigenvalue weighted by Gasteiger charge is -2.12. The highest BCUT2D eigenvalue weighted by molar-refractivity contribution is 6.21. The van der Waals surface area contributed by atoms with Crippen molar-refractivity contribution < 1.29 is 18.7 Å². The molecule has 0 aliphatic rings. The maximum atomic E-state index is 12.6. The summed E-state index contributed by atoms with van der Waals surface area (Å²) in [5.74, 6) is 0.767. The van der Waals surface area contributed by atoms with Crippen molar-refractivity contribution in [3.05, 3.63) is 41.4 Å². The molecule has 0 unspecified atom stereocenters. The summed E-state index contributed by atoms with van der Waals surface area (Å²) in [4.78, 5) is 20.4. The van der Waals surface area contributed by atoms with Crippen LogP contribution in [0.4, 0.5) is 0 Å². The number of fused-ring (bicyclic) bond motifs is 5. The third kappa shape index (κ3) is 2.94. The predicted molar refractivity (Wildman–Crippen MR) is 109 cm³/mol. The third-order valence-corrected chi connectivity index (χ3v) is 4.81. The van der Waals surface area contributed by atoms with Crippen LogP contribution < -0.4 is 0 Å². The molecule has 4 rings (SSSR count). The van der Waals surface area contributed by atoms with Crippen molar-refractivity contribution in [1.82, 2.24) is 9.97 Å². The standard InChI is InChI=1S/C22H24N2O4/c1-11(2)18-8-13-17(28-18)7-6-15-19(13)20-14(10-26-5)21(22(25)27-12(3)4)23-9-16(20)24-15/h6-9,11-12,24H,10H2,1-5H3. The molecule has 0 bridgehead atoms. The van der Waals surface area contributed by atoms with Crippen LogP contribution in [0.15, 0.2) is 28.8 Å². The van der Waals surface area contributed by atoms with E-state index in [9.17, 15) is 4.79 Å². The highest BCUT2D eigenvalue weighted by Gasteiger charge is 2.23. The van der Waals surface area contributed by atoms with Gasteiger partial charge >= 0.3 is 5.97 Å². The second-order valence-corrected chi connectivity index (χ2v) is 7.59. The lowest BCUT2D eigenvalue weighted by molar-refractivity contribution is 0.0366. The van der Waals surface area contributed by atoms with Gasteiger partial charge in [0.15, 0.2) is 5.69 Å². The van der Waals surface area contributed by atoms with Gasteiger partial charge in [0.05, 0.1) is 24.4 Å². The molecule has 0 saturated carbocycles. The Kier molecular flexibility index (Phi) is 4.59. The van der Waals surface area contributed by atoms with Gasteiger partial charge in [-0.1, -0.05) is 13.8 Å². The van der Waals surface area contributed by atoms with Crippen LogP contribution in [-0.2, 0) is 16.1 Å². The minimum absolute atomic E-state index is 0.224. The molecule has 0 aliphatic heterocycles. The number of aromatic nitrogens is 2. The number of rotatable bonds is 5. The van der Waals surface area contributed by atoms with Gasteiger partial charge in [0.2, 0.25) is 0 Å². The molecular weight excluding hydrogens is 356 g/mol. The summed E-state index contributed by atoms with van der Waals surface area (Å²) >= 11 is 0. The molecule has 6 heteroatoms. The first kappa shape index (κ1) is 18.5. The second kappa shape index (κ2) is 6.95. The Labute approximate surface area is 162 Å². The first-order valence-corrected chi connectivity index (χ1v) is 9.46. The number of hydrogen-bond donors (Lipinski definition) is 1. The van der Waals surface area contributed by atoms with E-state index in [-0.39, 0.29) is 24.3 Å². The SMILES string of the molecule is COCc1c(C(=O)OC(C)C)ncc2[nH]c3ccc4oc(C(C)C)cc4c3c12. The van der Waals surface area contributed by atoms with Gasteiger partial charge in [-0.05, 0) is 32.0 Å². The molecule has 0 radical (unpaired) electrons. The van der Waals surface area contributed by atoms with Gasteiger partial charge in [0.25, 0.3) is 0 Å². The number of H-pyrrole nitrogens is 1. The zero-order valence-corrected chi connectivity index (χ0v) is 16.8. The van der Waals surface area contributed by atoms with Crippen LogP contribution in [0.25, 0.3) is 32.8 Å². The van der Waals surface area contributed by atoms with E-state index < -0.39 is 5.97 Å². The van der Waals surface area contributed by atoms with Crippen molar-refractivity contribution in [2.24, 2.45) is 0 Å². The number of ether oxygens (including phenoxy) is 2. The highest BCUT2D eigenvalue weighted by Crippen LogP contribution is 2.37. The summed E-state index contributed by atoms with van der Waals surface area (Å²) in [6.45, 7) is 8.10. The Morgan fingerprint density at radius 2 is 1.96 bits per heavy atom. The normalized spacial score (nSPS) is 12.1. The first-order chi connectivity index (χ1) is 13.4. The van der Waals surface area contributed by atoms with E-state index in [4.69, 9.17) is 13.9 Å². The summed E-state index contributed by atoms with van der Waals surface area (Å²) in [5.41, 5.74) is 3.64. The Hall–Kier alpha value is -2.86. The minimum atomic E-state index is -0.444. The largest absolute Gasteiger partial charge is 0.461 e. The molecule has 6 nitrogen and oxygen atoms in total. The first-order valence-electron chi connectivity index (χ1n) is 9.46.